The number of rotatable bonds is 7. The van der Waals surface area contributed by atoms with Crippen LogP contribution in [0.15, 0.2) is 12.3 Å². The Labute approximate surface area is 104 Å². The molecule has 4 nitrogen and oxygen atoms in total. The van der Waals surface area contributed by atoms with E-state index in [9.17, 15) is 5.11 Å². The molecule has 0 aliphatic rings. The predicted octanol–water partition coefficient (Wildman–Crippen LogP) is 1.76. The second kappa shape index (κ2) is 6.17. The van der Waals surface area contributed by atoms with Gasteiger partial charge in [-0.15, -0.1) is 0 Å². The minimum atomic E-state index is -0.731. The molecule has 0 amide bonds. The largest absolute Gasteiger partial charge is 0.388 e. The molecule has 0 aliphatic heterocycles. The van der Waals surface area contributed by atoms with Gasteiger partial charge in [0.25, 0.3) is 0 Å². The fourth-order valence-electron chi connectivity index (χ4n) is 1.75. The van der Waals surface area contributed by atoms with Crippen LogP contribution in [0.1, 0.15) is 45.9 Å². The third kappa shape index (κ3) is 4.88. The third-order valence-corrected chi connectivity index (χ3v) is 2.69. The highest BCUT2D eigenvalue weighted by atomic mass is 16.3. The van der Waals surface area contributed by atoms with Gasteiger partial charge in [0.15, 0.2) is 0 Å². The SMILES string of the molecule is CCCNCC(C)(O)Cc1ccn(C(C)C)n1. The van der Waals surface area contributed by atoms with Gasteiger partial charge in [0.05, 0.1) is 11.3 Å². The molecular formula is C13H25N3O. The van der Waals surface area contributed by atoms with E-state index in [0.717, 1.165) is 18.7 Å². The lowest BCUT2D eigenvalue weighted by Crippen LogP contribution is -2.40. The first-order valence-electron chi connectivity index (χ1n) is 6.42. The summed E-state index contributed by atoms with van der Waals surface area (Å²) in [5.41, 5.74) is 0.215. The van der Waals surface area contributed by atoms with Crippen molar-refractivity contribution >= 4 is 0 Å². The zero-order valence-electron chi connectivity index (χ0n) is 11.4. The molecule has 4 heteroatoms. The van der Waals surface area contributed by atoms with Crippen LogP contribution in [0.5, 0.6) is 0 Å². The first kappa shape index (κ1) is 14.2. The second-order valence-corrected chi connectivity index (χ2v) is 5.23. The number of nitrogens with one attached hydrogen (secondary N) is 1. The predicted molar refractivity (Wildman–Crippen MR) is 70.1 cm³/mol. The van der Waals surface area contributed by atoms with Crippen molar-refractivity contribution in [1.29, 1.82) is 0 Å². The normalized spacial score (nSPS) is 15.2. The zero-order valence-corrected chi connectivity index (χ0v) is 11.4. The van der Waals surface area contributed by atoms with Crippen LogP contribution in [0, 0.1) is 0 Å². The molecule has 98 valence electrons. The molecule has 1 unspecified atom stereocenters. The summed E-state index contributed by atoms with van der Waals surface area (Å²) in [6.45, 7) is 9.71. The number of nitrogens with zero attached hydrogens (tertiary/aromatic N) is 2. The van der Waals surface area contributed by atoms with Crippen molar-refractivity contribution < 1.29 is 5.11 Å². The second-order valence-electron chi connectivity index (χ2n) is 5.23. The Morgan fingerprint density at radius 2 is 2.24 bits per heavy atom. The molecular weight excluding hydrogens is 214 g/mol. The Morgan fingerprint density at radius 1 is 1.53 bits per heavy atom. The smallest absolute Gasteiger partial charge is 0.0799 e. The van der Waals surface area contributed by atoms with Crippen LogP contribution in [-0.4, -0.2) is 33.6 Å². The fourth-order valence-corrected chi connectivity index (χ4v) is 1.75. The lowest BCUT2D eigenvalue weighted by atomic mass is 10.0. The van der Waals surface area contributed by atoms with Crippen LogP contribution >= 0.6 is 0 Å². The highest BCUT2D eigenvalue weighted by Gasteiger charge is 2.21. The summed E-state index contributed by atoms with van der Waals surface area (Å²) in [5, 5.41) is 17.9. The average molecular weight is 239 g/mol. The lowest BCUT2D eigenvalue weighted by molar-refractivity contribution is 0.0592. The van der Waals surface area contributed by atoms with Crippen molar-refractivity contribution in [2.75, 3.05) is 13.1 Å². The van der Waals surface area contributed by atoms with Gasteiger partial charge in [-0.3, -0.25) is 4.68 Å². The Hall–Kier alpha value is -0.870. The summed E-state index contributed by atoms with van der Waals surface area (Å²) < 4.78 is 1.92. The van der Waals surface area contributed by atoms with E-state index in [1.807, 2.05) is 23.9 Å². The molecule has 0 bridgehead atoms. The summed E-state index contributed by atoms with van der Waals surface area (Å²) in [5.74, 6) is 0. The zero-order chi connectivity index (χ0) is 12.9. The van der Waals surface area contributed by atoms with Gasteiger partial charge in [0, 0.05) is 25.2 Å². The van der Waals surface area contributed by atoms with Crippen LogP contribution in [0.3, 0.4) is 0 Å². The summed E-state index contributed by atoms with van der Waals surface area (Å²) >= 11 is 0. The van der Waals surface area contributed by atoms with Crippen LogP contribution in [0.4, 0.5) is 0 Å². The summed E-state index contributed by atoms with van der Waals surface area (Å²) in [6.07, 6.45) is 3.64. The van der Waals surface area contributed by atoms with Crippen LogP contribution in [0.2, 0.25) is 0 Å². The summed E-state index contributed by atoms with van der Waals surface area (Å²) in [4.78, 5) is 0. The van der Waals surface area contributed by atoms with E-state index in [-0.39, 0.29) is 0 Å². The molecule has 0 aromatic carbocycles. The van der Waals surface area contributed by atoms with Crippen molar-refractivity contribution in [3.63, 3.8) is 0 Å². The van der Waals surface area contributed by atoms with Gasteiger partial charge in [-0.2, -0.15) is 5.10 Å². The first-order chi connectivity index (χ1) is 7.94. The monoisotopic (exact) mass is 239 g/mol. The van der Waals surface area contributed by atoms with E-state index in [2.05, 4.69) is 31.2 Å². The van der Waals surface area contributed by atoms with Gasteiger partial charge >= 0.3 is 0 Å². The molecule has 1 aromatic heterocycles. The van der Waals surface area contributed by atoms with Gasteiger partial charge in [-0.25, -0.2) is 0 Å². The fraction of sp³-hybridized carbons (Fsp3) is 0.769. The lowest BCUT2D eigenvalue weighted by Gasteiger charge is -2.22. The highest BCUT2D eigenvalue weighted by Crippen LogP contribution is 2.12. The van der Waals surface area contributed by atoms with Crippen molar-refractivity contribution in [3.05, 3.63) is 18.0 Å². The first-order valence-corrected chi connectivity index (χ1v) is 6.42. The molecule has 0 aliphatic carbocycles. The molecule has 1 aromatic rings. The topological polar surface area (TPSA) is 50.1 Å². The molecule has 2 N–H and O–H groups in total. The van der Waals surface area contributed by atoms with Gasteiger partial charge in [0.1, 0.15) is 0 Å². The molecule has 0 radical (unpaired) electrons. The summed E-state index contributed by atoms with van der Waals surface area (Å²) in [7, 11) is 0. The molecule has 1 heterocycles. The maximum absolute atomic E-state index is 10.2. The van der Waals surface area contributed by atoms with E-state index in [1.54, 1.807) is 0 Å². The maximum atomic E-state index is 10.2. The standard InChI is InChI=1S/C13H25N3O/c1-5-7-14-10-13(4,17)9-12-6-8-16(15-12)11(2)3/h6,8,11,14,17H,5,7,9-10H2,1-4H3. The van der Waals surface area contributed by atoms with Gasteiger partial charge in [0.2, 0.25) is 0 Å². The minimum absolute atomic E-state index is 0.368. The van der Waals surface area contributed by atoms with E-state index in [0.29, 0.717) is 19.0 Å². The quantitative estimate of drug-likeness (QED) is 0.713. The van der Waals surface area contributed by atoms with Gasteiger partial charge < -0.3 is 10.4 Å². The average Bonchev–Trinajstić information content (AvgIpc) is 2.65. The number of aromatic nitrogens is 2. The van der Waals surface area contributed by atoms with Gasteiger partial charge in [-0.1, -0.05) is 6.92 Å². The molecule has 1 atom stereocenters. The minimum Gasteiger partial charge on any atom is -0.388 e. The maximum Gasteiger partial charge on any atom is 0.0799 e. The Balaban J connectivity index is 2.50. The Morgan fingerprint density at radius 3 is 2.76 bits per heavy atom. The van der Waals surface area contributed by atoms with Gasteiger partial charge in [-0.05, 0) is 39.8 Å². The highest BCUT2D eigenvalue weighted by molar-refractivity contribution is 5.04. The Kier molecular flexibility index (Phi) is 5.15. The molecule has 0 saturated carbocycles. The van der Waals surface area contributed by atoms with E-state index < -0.39 is 5.60 Å². The van der Waals surface area contributed by atoms with Crippen molar-refractivity contribution in [1.82, 2.24) is 15.1 Å². The molecule has 0 fully saturated rings. The Bertz CT molecular complexity index is 331. The number of hydrogen-bond donors (Lipinski definition) is 2. The van der Waals surface area contributed by atoms with Crippen LogP contribution in [-0.2, 0) is 6.42 Å². The molecule has 0 spiro atoms. The number of hydrogen-bond acceptors (Lipinski definition) is 3. The van der Waals surface area contributed by atoms with Crippen LogP contribution in [0.25, 0.3) is 0 Å². The number of aliphatic hydroxyl groups is 1. The van der Waals surface area contributed by atoms with Crippen LogP contribution < -0.4 is 5.32 Å². The van der Waals surface area contributed by atoms with Crippen molar-refractivity contribution in [3.8, 4) is 0 Å². The van der Waals surface area contributed by atoms with E-state index >= 15 is 0 Å². The molecule has 0 saturated heterocycles. The molecule has 17 heavy (non-hydrogen) atoms. The van der Waals surface area contributed by atoms with E-state index in [1.165, 1.54) is 0 Å². The molecule has 1 rings (SSSR count). The van der Waals surface area contributed by atoms with E-state index in [4.69, 9.17) is 0 Å². The summed E-state index contributed by atoms with van der Waals surface area (Å²) in [6, 6.07) is 2.35. The van der Waals surface area contributed by atoms with Crippen molar-refractivity contribution in [2.45, 2.75) is 52.2 Å². The third-order valence-electron chi connectivity index (χ3n) is 2.69. The van der Waals surface area contributed by atoms with Crippen molar-refractivity contribution in [2.24, 2.45) is 0 Å².